The first-order valence-corrected chi connectivity index (χ1v) is 8.35. The third-order valence-electron chi connectivity index (χ3n) is 2.57. The van der Waals surface area contributed by atoms with E-state index in [2.05, 4.69) is 22.0 Å². The summed E-state index contributed by atoms with van der Waals surface area (Å²) in [5.41, 5.74) is 2.24. The minimum absolute atomic E-state index is 0.941. The molecule has 2 aromatic carbocycles. The summed E-state index contributed by atoms with van der Waals surface area (Å²) in [6.45, 7) is 0. The number of hydrogen-bond donors (Lipinski definition) is 2. The molecule has 0 saturated carbocycles. The minimum Gasteiger partial charge on any atom is -0.356 e. The van der Waals surface area contributed by atoms with Crippen LogP contribution in [0.15, 0.2) is 90.1 Å². The van der Waals surface area contributed by atoms with Crippen LogP contribution in [0.2, 0.25) is 0 Å². The Kier molecular flexibility index (Phi) is 6.71. The fourth-order valence-electron chi connectivity index (χ4n) is 1.61. The first-order chi connectivity index (χ1) is 10.4. The quantitative estimate of drug-likeness (QED) is 0.497. The maximum atomic E-state index is 3.98. The van der Waals surface area contributed by atoms with Crippen molar-refractivity contribution >= 4 is 33.8 Å². The molecule has 0 unspecified atom stereocenters. The standard InChI is InChI=1S/C12H11N.C5H5NS2/c1-3-7-11(8-4-1)13-12-9-5-2-6-10-12;7-8-5-3-1-2-4-6-5/h1-10,13H;1-4,7H. The third-order valence-corrected chi connectivity index (χ3v) is 3.56. The van der Waals surface area contributed by atoms with Crippen molar-refractivity contribution in [1.29, 1.82) is 0 Å². The zero-order valence-corrected chi connectivity index (χ0v) is 13.1. The van der Waals surface area contributed by atoms with Gasteiger partial charge >= 0.3 is 0 Å². The van der Waals surface area contributed by atoms with Gasteiger partial charge < -0.3 is 5.32 Å². The molecule has 1 N–H and O–H groups in total. The van der Waals surface area contributed by atoms with E-state index in [1.54, 1.807) is 6.20 Å². The molecule has 4 heteroatoms. The number of hydrogen-bond acceptors (Lipinski definition) is 4. The number of para-hydroxylation sites is 2. The molecule has 2 nitrogen and oxygen atoms in total. The molecule has 0 amide bonds. The van der Waals surface area contributed by atoms with E-state index >= 15 is 0 Å². The molecular formula is C17H16N2S2. The summed E-state index contributed by atoms with van der Waals surface area (Å²) >= 11 is 3.96. The molecular weight excluding hydrogens is 296 g/mol. The average Bonchev–Trinajstić information content (AvgIpc) is 2.58. The van der Waals surface area contributed by atoms with Gasteiger partial charge in [-0.1, -0.05) is 42.5 Å². The number of rotatable bonds is 3. The maximum absolute atomic E-state index is 3.98. The Labute approximate surface area is 134 Å². The van der Waals surface area contributed by atoms with Gasteiger partial charge in [0.1, 0.15) is 5.03 Å². The van der Waals surface area contributed by atoms with Crippen molar-refractivity contribution in [3.63, 3.8) is 0 Å². The van der Waals surface area contributed by atoms with Gasteiger partial charge in [-0.15, -0.1) is 11.7 Å². The molecule has 0 atom stereocenters. The number of nitrogens with zero attached hydrogens (tertiary/aromatic N) is 1. The Hall–Kier alpha value is -1.91. The lowest BCUT2D eigenvalue weighted by Gasteiger charge is -2.04. The maximum Gasteiger partial charge on any atom is 0.106 e. The van der Waals surface area contributed by atoms with E-state index in [4.69, 9.17) is 0 Å². The lowest BCUT2D eigenvalue weighted by Crippen LogP contribution is -1.87. The van der Waals surface area contributed by atoms with Crippen molar-refractivity contribution < 1.29 is 0 Å². The number of anilines is 2. The monoisotopic (exact) mass is 312 g/mol. The molecule has 21 heavy (non-hydrogen) atoms. The van der Waals surface area contributed by atoms with Crippen LogP contribution in [0.25, 0.3) is 0 Å². The van der Waals surface area contributed by atoms with E-state index in [0.29, 0.717) is 0 Å². The summed E-state index contributed by atoms with van der Waals surface area (Å²) in [5.74, 6) is 0. The van der Waals surface area contributed by atoms with Crippen LogP contribution in [-0.2, 0) is 0 Å². The van der Waals surface area contributed by atoms with Crippen LogP contribution in [0.3, 0.4) is 0 Å². The second kappa shape index (κ2) is 9.10. The Morgan fingerprint density at radius 3 is 1.62 bits per heavy atom. The van der Waals surface area contributed by atoms with Crippen molar-refractivity contribution in [2.24, 2.45) is 0 Å². The highest BCUT2D eigenvalue weighted by molar-refractivity contribution is 8.68. The first-order valence-electron chi connectivity index (χ1n) is 6.48. The average molecular weight is 312 g/mol. The van der Waals surface area contributed by atoms with Gasteiger partial charge in [-0.05, 0) is 47.2 Å². The molecule has 0 spiro atoms. The van der Waals surface area contributed by atoms with Gasteiger partial charge in [0.05, 0.1) is 0 Å². The summed E-state index contributed by atoms with van der Waals surface area (Å²) in [5, 5.41) is 4.24. The molecule has 0 radical (unpaired) electrons. The third kappa shape index (κ3) is 5.94. The SMILES string of the molecule is SSc1ccccn1.c1ccc(Nc2ccccc2)cc1. The fraction of sp³-hybridized carbons (Fsp3) is 0. The smallest absolute Gasteiger partial charge is 0.106 e. The van der Waals surface area contributed by atoms with E-state index in [0.717, 1.165) is 16.4 Å². The van der Waals surface area contributed by atoms with Gasteiger partial charge in [0, 0.05) is 17.6 Å². The predicted octanol–water partition coefficient (Wildman–Crippen LogP) is 5.45. The largest absolute Gasteiger partial charge is 0.356 e. The van der Waals surface area contributed by atoms with Crippen LogP contribution in [0.4, 0.5) is 11.4 Å². The van der Waals surface area contributed by atoms with E-state index in [9.17, 15) is 0 Å². The number of aromatic nitrogens is 1. The van der Waals surface area contributed by atoms with E-state index in [-0.39, 0.29) is 0 Å². The molecule has 0 fully saturated rings. The van der Waals surface area contributed by atoms with Crippen molar-refractivity contribution in [1.82, 2.24) is 4.98 Å². The van der Waals surface area contributed by atoms with Gasteiger partial charge in [0.25, 0.3) is 0 Å². The molecule has 1 aromatic heterocycles. The van der Waals surface area contributed by atoms with Crippen molar-refractivity contribution in [3.8, 4) is 0 Å². The number of pyridine rings is 1. The van der Waals surface area contributed by atoms with Gasteiger partial charge in [0.2, 0.25) is 0 Å². The predicted molar refractivity (Wildman–Crippen MR) is 95.2 cm³/mol. The minimum atomic E-state index is 0.941. The summed E-state index contributed by atoms with van der Waals surface area (Å²) in [6, 6.07) is 26.0. The van der Waals surface area contributed by atoms with Crippen LogP contribution in [-0.4, -0.2) is 4.98 Å². The number of thiol groups is 1. The summed E-state index contributed by atoms with van der Waals surface area (Å²) < 4.78 is 0. The van der Waals surface area contributed by atoms with Crippen molar-refractivity contribution in [2.75, 3.05) is 5.32 Å². The highest BCUT2D eigenvalue weighted by Gasteiger charge is 1.89. The molecule has 3 rings (SSSR count). The van der Waals surface area contributed by atoms with Crippen LogP contribution in [0.1, 0.15) is 0 Å². The number of benzene rings is 2. The molecule has 3 aromatic rings. The molecule has 0 saturated heterocycles. The van der Waals surface area contributed by atoms with Crippen molar-refractivity contribution in [2.45, 2.75) is 5.03 Å². The summed E-state index contributed by atoms with van der Waals surface area (Å²) in [6.07, 6.45) is 1.75. The zero-order chi connectivity index (χ0) is 14.8. The van der Waals surface area contributed by atoms with Crippen LogP contribution < -0.4 is 5.32 Å². The van der Waals surface area contributed by atoms with Gasteiger partial charge in [-0.3, -0.25) is 0 Å². The second-order valence-corrected chi connectivity index (χ2v) is 5.26. The highest BCUT2D eigenvalue weighted by atomic mass is 33.1. The van der Waals surface area contributed by atoms with Crippen LogP contribution in [0, 0.1) is 0 Å². The zero-order valence-electron chi connectivity index (χ0n) is 11.4. The Morgan fingerprint density at radius 2 is 1.24 bits per heavy atom. The number of nitrogens with one attached hydrogen (secondary N) is 1. The van der Waals surface area contributed by atoms with Crippen molar-refractivity contribution in [3.05, 3.63) is 85.1 Å². The Balaban J connectivity index is 0.000000173. The molecule has 0 aliphatic heterocycles. The lowest BCUT2D eigenvalue weighted by atomic mass is 10.3. The van der Waals surface area contributed by atoms with E-state index < -0.39 is 0 Å². The molecule has 106 valence electrons. The highest BCUT2D eigenvalue weighted by Crippen LogP contribution is 2.16. The van der Waals surface area contributed by atoms with Gasteiger partial charge in [-0.25, -0.2) is 4.98 Å². The van der Waals surface area contributed by atoms with Crippen LogP contribution >= 0.6 is 22.5 Å². The molecule has 0 bridgehead atoms. The molecule has 0 aliphatic rings. The lowest BCUT2D eigenvalue weighted by molar-refractivity contribution is 1.14. The first kappa shape index (κ1) is 15.5. The van der Waals surface area contributed by atoms with E-state index in [1.807, 2.05) is 78.9 Å². The normalized spacial score (nSPS) is 9.38. The topological polar surface area (TPSA) is 24.9 Å². The second-order valence-electron chi connectivity index (χ2n) is 4.12. The van der Waals surface area contributed by atoms with Crippen LogP contribution in [0.5, 0.6) is 0 Å². The Morgan fingerprint density at radius 1 is 0.714 bits per heavy atom. The summed E-state index contributed by atoms with van der Waals surface area (Å²) in [4.78, 5) is 3.98. The summed E-state index contributed by atoms with van der Waals surface area (Å²) in [7, 11) is 1.35. The van der Waals surface area contributed by atoms with E-state index in [1.165, 1.54) is 10.8 Å². The molecule has 1 heterocycles. The van der Waals surface area contributed by atoms with Gasteiger partial charge in [-0.2, -0.15) is 0 Å². The van der Waals surface area contributed by atoms with Gasteiger partial charge in [0.15, 0.2) is 0 Å². The fourth-order valence-corrected chi connectivity index (χ4v) is 2.18. The molecule has 0 aliphatic carbocycles. The Bertz CT molecular complexity index is 579.